The van der Waals surface area contributed by atoms with E-state index in [0.29, 0.717) is 4.96 Å². The Morgan fingerprint density at radius 2 is 1.91 bits per heavy atom. The van der Waals surface area contributed by atoms with Crippen molar-refractivity contribution in [2.75, 3.05) is 11.8 Å². The standard InChI is InChI=1S/C14H16N4O3S2/c1-8-5-11(21-4)12(6-9(8)2)23(19,20)17-13-15-14-18(16-13)10(3)7-22-14/h5-7H,1-4H3,(H,16,17). The molecule has 23 heavy (non-hydrogen) atoms. The SMILES string of the molecule is COc1cc(C)c(C)cc1S(=O)(=O)Nc1nc2scc(C)n2n1. The number of thiazole rings is 1. The topological polar surface area (TPSA) is 85.6 Å². The summed E-state index contributed by atoms with van der Waals surface area (Å²) in [7, 11) is -2.40. The van der Waals surface area contributed by atoms with Crippen LogP contribution in [0.25, 0.3) is 4.96 Å². The Morgan fingerprint density at radius 1 is 1.22 bits per heavy atom. The maximum atomic E-state index is 12.7. The van der Waals surface area contributed by atoms with Crippen molar-refractivity contribution in [3.05, 3.63) is 34.3 Å². The largest absolute Gasteiger partial charge is 0.495 e. The zero-order valence-electron chi connectivity index (χ0n) is 13.1. The van der Waals surface area contributed by atoms with Gasteiger partial charge in [-0.15, -0.1) is 16.4 Å². The molecule has 0 aliphatic rings. The Labute approximate surface area is 138 Å². The molecule has 3 aromatic rings. The third-order valence-electron chi connectivity index (χ3n) is 3.54. The molecule has 3 rings (SSSR count). The van der Waals surface area contributed by atoms with E-state index >= 15 is 0 Å². The normalized spacial score (nSPS) is 11.8. The van der Waals surface area contributed by atoms with Gasteiger partial charge in [-0.2, -0.15) is 4.98 Å². The summed E-state index contributed by atoms with van der Waals surface area (Å²) >= 11 is 1.40. The number of fused-ring (bicyclic) bond motifs is 1. The summed E-state index contributed by atoms with van der Waals surface area (Å²) in [6.07, 6.45) is 0. The molecule has 0 spiro atoms. The van der Waals surface area contributed by atoms with Crippen molar-refractivity contribution < 1.29 is 13.2 Å². The molecule has 0 unspecified atom stereocenters. The Kier molecular flexibility index (Phi) is 3.77. The number of methoxy groups -OCH3 is 1. The zero-order valence-corrected chi connectivity index (χ0v) is 14.7. The lowest BCUT2D eigenvalue weighted by Gasteiger charge is -2.12. The van der Waals surface area contributed by atoms with Crippen molar-refractivity contribution in [1.29, 1.82) is 0 Å². The van der Waals surface area contributed by atoms with E-state index in [-0.39, 0.29) is 16.6 Å². The van der Waals surface area contributed by atoms with Crippen LogP contribution in [-0.2, 0) is 10.0 Å². The van der Waals surface area contributed by atoms with Gasteiger partial charge in [0, 0.05) is 5.38 Å². The van der Waals surface area contributed by atoms with E-state index < -0.39 is 10.0 Å². The monoisotopic (exact) mass is 352 g/mol. The van der Waals surface area contributed by atoms with E-state index in [4.69, 9.17) is 4.74 Å². The fourth-order valence-corrected chi connectivity index (χ4v) is 4.12. The maximum absolute atomic E-state index is 12.7. The first-order valence-electron chi connectivity index (χ1n) is 6.81. The average molecular weight is 352 g/mol. The lowest BCUT2D eigenvalue weighted by Crippen LogP contribution is -2.15. The van der Waals surface area contributed by atoms with Gasteiger partial charge in [0.2, 0.25) is 4.96 Å². The van der Waals surface area contributed by atoms with Crippen LogP contribution in [0.15, 0.2) is 22.4 Å². The molecule has 0 fully saturated rings. The van der Waals surface area contributed by atoms with Crippen LogP contribution in [-0.4, -0.2) is 30.1 Å². The summed E-state index contributed by atoms with van der Waals surface area (Å²) in [6, 6.07) is 3.29. The number of aromatic nitrogens is 3. The zero-order chi connectivity index (χ0) is 16.8. The summed E-state index contributed by atoms with van der Waals surface area (Å²) in [4.78, 5) is 4.88. The van der Waals surface area contributed by atoms with Crippen molar-refractivity contribution in [1.82, 2.24) is 14.6 Å². The van der Waals surface area contributed by atoms with Crippen LogP contribution >= 0.6 is 11.3 Å². The predicted octanol–water partition coefficient (Wildman–Crippen LogP) is 2.53. The minimum atomic E-state index is -3.84. The highest BCUT2D eigenvalue weighted by Crippen LogP contribution is 2.28. The fourth-order valence-electron chi connectivity index (χ4n) is 2.14. The first-order chi connectivity index (χ1) is 10.8. The minimum absolute atomic E-state index is 0.0419. The van der Waals surface area contributed by atoms with Gasteiger partial charge in [0.05, 0.1) is 12.8 Å². The highest BCUT2D eigenvalue weighted by molar-refractivity contribution is 7.92. The second-order valence-electron chi connectivity index (χ2n) is 5.20. The van der Waals surface area contributed by atoms with Crippen molar-refractivity contribution in [3.8, 4) is 5.75 Å². The van der Waals surface area contributed by atoms with E-state index in [9.17, 15) is 8.42 Å². The summed E-state index contributed by atoms with van der Waals surface area (Å²) in [6.45, 7) is 5.63. The maximum Gasteiger partial charge on any atom is 0.267 e. The molecule has 0 saturated heterocycles. The van der Waals surface area contributed by atoms with Crippen molar-refractivity contribution in [2.24, 2.45) is 0 Å². The van der Waals surface area contributed by atoms with E-state index in [1.165, 1.54) is 18.4 Å². The van der Waals surface area contributed by atoms with E-state index in [2.05, 4.69) is 14.8 Å². The smallest absolute Gasteiger partial charge is 0.267 e. The van der Waals surface area contributed by atoms with Gasteiger partial charge in [-0.05, 0) is 44.0 Å². The Balaban J connectivity index is 2.03. The van der Waals surface area contributed by atoms with Crippen molar-refractivity contribution >= 4 is 32.3 Å². The molecule has 0 amide bonds. The van der Waals surface area contributed by atoms with Gasteiger partial charge < -0.3 is 4.74 Å². The molecular weight excluding hydrogens is 336 g/mol. The van der Waals surface area contributed by atoms with Crippen LogP contribution < -0.4 is 9.46 Å². The van der Waals surface area contributed by atoms with Crippen LogP contribution in [0.1, 0.15) is 16.8 Å². The molecule has 0 atom stereocenters. The number of hydrogen-bond donors (Lipinski definition) is 1. The number of sulfonamides is 1. The number of aryl methyl sites for hydroxylation is 3. The van der Waals surface area contributed by atoms with Crippen LogP contribution in [0.3, 0.4) is 0 Å². The summed E-state index contributed by atoms with van der Waals surface area (Å²) in [5.74, 6) is 0.332. The average Bonchev–Trinajstić information content (AvgIpc) is 3.02. The first kappa shape index (κ1) is 15.8. The van der Waals surface area contributed by atoms with E-state index in [0.717, 1.165) is 16.8 Å². The van der Waals surface area contributed by atoms with Crippen LogP contribution in [0, 0.1) is 20.8 Å². The number of hydrogen-bond acceptors (Lipinski definition) is 6. The van der Waals surface area contributed by atoms with Crippen LogP contribution in [0.2, 0.25) is 0 Å². The number of anilines is 1. The van der Waals surface area contributed by atoms with Crippen LogP contribution in [0.4, 0.5) is 5.95 Å². The summed E-state index contributed by atoms with van der Waals surface area (Å²) in [5, 5.41) is 6.07. The molecule has 0 aliphatic heterocycles. The molecule has 1 aromatic carbocycles. The first-order valence-corrected chi connectivity index (χ1v) is 9.17. The van der Waals surface area contributed by atoms with Gasteiger partial charge in [0.1, 0.15) is 10.6 Å². The number of rotatable bonds is 4. The molecule has 0 saturated carbocycles. The summed E-state index contributed by atoms with van der Waals surface area (Å²) < 4.78 is 34.5. The quantitative estimate of drug-likeness (QED) is 0.780. The molecule has 0 bridgehead atoms. The molecule has 2 heterocycles. The van der Waals surface area contributed by atoms with Gasteiger partial charge in [-0.25, -0.2) is 17.7 Å². The minimum Gasteiger partial charge on any atom is -0.495 e. The second-order valence-corrected chi connectivity index (χ2v) is 7.69. The number of ether oxygens (including phenoxy) is 1. The van der Waals surface area contributed by atoms with Crippen molar-refractivity contribution in [3.63, 3.8) is 0 Å². The van der Waals surface area contributed by atoms with Gasteiger partial charge in [-0.1, -0.05) is 0 Å². The molecule has 0 radical (unpaired) electrons. The Morgan fingerprint density at radius 3 is 2.57 bits per heavy atom. The Bertz CT molecular complexity index is 989. The van der Waals surface area contributed by atoms with E-state index in [1.807, 2.05) is 26.2 Å². The van der Waals surface area contributed by atoms with Gasteiger partial charge >= 0.3 is 0 Å². The van der Waals surface area contributed by atoms with Gasteiger partial charge in [-0.3, -0.25) is 0 Å². The molecule has 9 heteroatoms. The molecule has 0 aliphatic carbocycles. The van der Waals surface area contributed by atoms with Crippen molar-refractivity contribution in [2.45, 2.75) is 25.7 Å². The molecule has 1 N–H and O–H groups in total. The highest BCUT2D eigenvalue weighted by Gasteiger charge is 2.23. The molecule has 2 aromatic heterocycles. The highest BCUT2D eigenvalue weighted by atomic mass is 32.2. The molecule has 122 valence electrons. The number of benzene rings is 1. The second kappa shape index (κ2) is 5.50. The fraction of sp³-hybridized carbons (Fsp3) is 0.286. The van der Waals surface area contributed by atoms with Crippen LogP contribution in [0.5, 0.6) is 5.75 Å². The third kappa shape index (κ3) is 2.77. The third-order valence-corrected chi connectivity index (χ3v) is 5.82. The molecule has 7 nitrogen and oxygen atoms in total. The van der Waals surface area contributed by atoms with Gasteiger partial charge in [0.15, 0.2) is 0 Å². The van der Waals surface area contributed by atoms with Gasteiger partial charge in [0.25, 0.3) is 16.0 Å². The predicted molar refractivity (Wildman–Crippen MR) is 88.9 cm³/mol. The molecular formula is C14H16N4O3S2. The van der Waals surface area contributed by atoms with E-state index in [1.54, 1.807) is 16.6 Å². The lowest BCUT2D eigenvalue weighted by molar-refractivity contribution is 0.402. The lowest BCUT2D eigenvalue weighted by atomic mass is 10.1. The number of nitrogens with one attached hydrogen (secondary N) is 1. The Hall–Kier alpha value is -2.13. The summed E-state index contributed by atoms with van der Waals surface area (Å²) in [5.41, 5.74) is 2.71. The number of nitrogens with zero attached hydrogens (tertiary/aromatic N) is 3.